The monoisotopic (exact) mass is 384 g/mol. The van der Waals surface area contributed by atoms with Gasteiger partial charge in [0, 0.05) is 31.8 Å². The van der Waals surface area contributed by atoms with Crippen LogP contribution in [0.15, 0.2) is 33.5 Å². The first-order valence-corrected chi connectivity index (χ1v) is 9.37. The topological polar surface area (TPSA) is 79.6 Å². The SMILES string of the molecule is Cc1cc(C(=O)N(C)C)ccc1NC(=O)c1c(C)cc(CCC(C)C)oc1=O. The number of rotatable bonds is 6. The summed E-state index contributed by atoms with van der Waals surface area (Å²) in [5.41, 5.74) is 1.77. The number of carbonyl (C=O) groups excluding carboxylic acids is 2. The van der Waals surface area contributed by atoms with E-state index in [1.807, 2.05) is 0 Å². The lowest BCUT2D eigenvalue weighted by Gasteiger charge is -2.13. The van der Waals surface area contributed by atoms with Gasteiger partial charge < -0.3 is 14.6 Å². The van der Waals surface area contributed by atoms with Gasteiger partial charge >= 0.3 is 5.63 Å². The number of carbonyl (C=O) groups is 2. The summed E-state index contributed by atoms with van der Waals surface area (Å²) < 4.78 is 5.34. The fourth-order valence-electron chi connectivity index (χ4n) is 2.88. The number of hydrogen-bond acceptors (Lipinski definition) is 4. The van der Waals surface area contributed by atoms with E-state index < -0.39 is 11.5 Å². The Hall–Kier alpha value is -2.89. The highest BCUT2D eigenvalue weighted by atomic mass is 16.4. The van der Waals surface area contributed by atoms with Gasteiger partial charge in [-0.05, 0) is 61.6 Å². The third-order valence-electron chi connectivity index (χ3n) is 4.52. The summed E-state index contributed by atoms with van der Waals surface area (Å²) in [6.07, 6.45) is 1.57. The van der Waals surface area contributed by atoms with Gasteiger partial charge in [-0.2, -0.15) is 0 Å². The van der Waals surface area contributed by atoms with E-state index in [1.54, 1.807) is 52.2 Å². The summed E-state index contributed by atoms with van der Waals surface area (Å²) in [5, 5.41) is 2.75. The van der Waals surface area contributed by atoms with Crippen LogP contribution in [0.5, 0.6) is 0 Å². The van der Waals surface area contributed by atoms with Gasteiger partial charge in [0.05, 0.1) is 0 Å². The third kappa shape index (κ3) is 5.09. The van der Waals surface area contributed by atoms with E-state index in [0.29, 0.717) is 34.9 Å². The predicted octanol–water partition coefficient (Wildman–Crippen LogP) is 3.80. The zero-order valence-corrected chi connectivity index (χ0v) is 17.4. The van der Waals surface area contributed by atoms with Crippen LogP contribution in [0, 0.1) is 19.8 Å². The molecule has 2 aromatic rings. The van der Waals surface area contributed by atoms with Crippen molar-refractivity contribution in [3.8, 4) is 0 Å². The zero-order valence-electron chi connectivity index (χ0n) is 17.4. The van der Waals surface area contributed by atoms with Crippen LogP contribution in [0.3, 0.4) is 0 Å². The van der Waals surface area contributed by atoms with Crippen LogP contribution in [-0.2, 0) is 6.42 Å². The Labute approximate surface area is 165 Å². The van der Waals surface area contributed by atoms with Gasteiger partial charge in [0.2, 0.25) is 0 Å². The summed E-state index contributed by atoms with van der Waals surface area (Å²) in [6.45, 7) is 7.74. The molecule has 0 bridgehead atoms. The van der Waals surface area contributed by atoms with Crippen molar-refractivity contribution in [1.29, 1.82) is 0 Å². The van der Waals surface area contributed by atoms with E-state index in [2.05, 4.69) is 19.2 Å². The molecule has 1 heterocycles. The van der Waals surface area contributed by atoms with E-state index in [4.69, 9.17) is 4.42 Å². The highest BCUT2D eigenvalue weighted by Gasteiger charge is 2.18. The van der Waals surface area contributed by atoms with Crippen molar-refractivity contribution in [2.75, 3.05) is 19.4 Å². The molecule has 0 aliphatic heterocycles. The Morgan fingerprint density at radius 1 is 1.11 bits per heavy atom. The van der Waals surface area contributed by atoms with Gasteiger partial charge in [0.25, 0.3) is 11.8 Å². The van der Waals surface area contributed by atoms with E-state index >= 15 is 0 Å². The van der Waals surface area contributed by atoms with Gasteiger partial charge in [-0.3, -0.25) is 9.59 Å². The summed E-state index contributed by atoms with van der Waals surface area (Å²) in [7, 11) is 3.36. The average molecular weight is 384 g/mol. The van der Waals surface area contributed by atoms with Crippen LogP contribution in [0.4, 0.5) is 5.69 Å². The first-order valence-electron chi connectivity index (χ1n) is 9.37. The number of nitrogens with one attached hydrogen (secondary N) is 1. The van der Waals surface area contributed by atoms with Crippen LogP contribution in [0.25, 0.3) is 0 Å². The summed E-state index contributed by atoms with van der Waals surface area (Å²) in [6, 6.07) is 6.78. The fourth-order valence-corrected chi connectivity index (χ4v) is 2.88. The normalized spacial score (nSPS) is 10.8. The maximum absolute atomic E-state index is 12.7. The van der Waals surface area contributed by atoms with E-state index in [1.165, 1.54) is 4.90 Å². The molecular weight excluding hydrogens is 356 g/mol. The summed E-state index contributed by atoms with van der Waals surface area (Å²) >= 11 is 0. The minimum atomic E-state index is -0.631. The lowest BCUT2D eigenvalue weighted by molar-refractivity contribution is 0.0827. The molecule has 2 rings (SSSR count). The van der Waals surface area contributed by atoms with Crippen molar-refractivity contribution in [3.05, 3.63) is 62.7 Å². The van der Waals surface area contributed by atoms with Crippen molar-refractivity contribution >= 4 is 17.5 Å². The van der Waals surface area contributed by atoms with Gasteiger partial charge in [-0.1, -0.05) is 13.8 Å². The molecule has 0 spiro atoms. The molecule has 0 fully saturated rings. The second-order valence-electron chi connectivity index (χ2n) is 7.67. The van der Waals surface area contributed by atoms with Crippen LogP contribution in [-0.4, -0.2) is 30.8 Å². The van der Waals surface area contributed by atoms with Crippen LogP contribution < -0.4 is 10.9 Å². The molecule has 6 heteroatoms. The Kier molecular flexibility index (Phi) is 6.78. The smallest absolute Gasteiger partial charge is 0.349 e. The molecule has 0 atom stereocenters. The molecule has 1 aromatic heterocycles. The molecular formula is C22H28N2O4. The number of amides is 2. The molecule has 0 aliphatic rings. The number of benzene rings is 1. The van der Waals surface area contributed by atoms with Crippen molar-refractivity contribution < 1.29 is 14.0 Å². The number of anilines is 1. The van der Waals surface area contributed by atoms with E-state index in [0.717, 1.165) is 12.0 Å². The summed E-state index contributed by atoms with van der Waals surface area (Å²) in [4.78, 5) is 38.6. The van der Waals surface area contributed by atoms with Gasteiger partial charge in [-0.15, -0.1) is 0 Å². The molecule has 1 aromatic carbocycles. The van der Waals surface area contributed by atoms with E-state index in [-0.39, 0.29) is 11.5 Å². The fraction of sp³-hybridized carbons (Fsp3) is 0.409. The first-order chi connectivity index (χ1) is 13.1. The number of nitrogens with zero attached hydrogens (tertiary/aromatic N) is 1. The standard InChI is InChI=1S/C22H28N2O4/c1-13(2)7-9-17-12-15(4)19(22(27)28-17)20(25)23-18-10-8-16(11-14(18)3)21(26)24(5)6/h8,10-13H,7,9H2,1-6H3,(H,23,25). The van der Waals surface area contributed by atoms with Crippen molar-refractivity contribution in [1.82, 2.24) is 4.90 Å². The Morgan fingerprint density at radius 3 is 2.32 bits per heavy atom. The lowest BCUT2D eigenvalue weighted by atomic mass is 10.0. The Morgan fingerprint density at radius 2 is 1.79 bits per heavy atom. The largest absolute Gasteiger partial charge is 0.427 e. The molecule has 0 unspecified atom stereocenters. The number of hydrogen-bond donors (Lipinski definition) is 1. The molecule has 0 saturated carbocycles. The number of aryl methyl sites for hydroxylation is 3. The lowest BCUT2D eigenvalue weighted by Crippen LogP contribution is -2.24. The van der Waals surface area contributed by atoms with Gasteiger partial charge in [0.1, 0.15) is 11.3 Å². The molecule has 6 nitrogen and oxygen atoms in total. The first kappa shape index (κ1) is 21.4. The molecule has 150 valence electrons. The molecule has 28 heavy (non-hydrogen) atoms. The van der Waals surface area contributed by atoms with Crippen LogP contribution >= 0.6 is 0 Å². The Balaban J connectivity index is 2.23. The maximum atomic E-state index is 12.7. The summed E-state index contributed by atoms with van der Waals surface area (Å²) in [5.74, 6) is 0.459. The quantitative estimate of drug-likeness (QED) is 0.821. The molecule has 2 amide bonds. The molecule has 0 radical (unpaired) electrons. The van der Waals surface area contributed by atoms with Crippen LogP contribution in [0.1, 0.15) is 57.9 Å². The zero-order chi connectivity index (χ0) is 21.0. The minimum absolute atomic E-state index is 0.00106. The van der Waals surface area contributed by atoms with Crippen molar-refractivity contribution in [3.63, 3.8) is 0 Å². The van der Waals surface area contributed by atoms with E-state index in [9.17, 15) is 14.4 Å². The maximum Gasteiger partial charge on any atom is 0.349 e. The predicted molar refractivity (Wildman–Crippen MR) is 110 cm³/mol. The van der Waals surface area contributed by atoms with Crippen LogP contribution in [0.2, 0.25) is 0 Å². The molecule has 0 aliphatic carbocycles. The van der Waals surface area contributed by atoms with Gasteiger partial charge in [-0.25, -0.2) is 4.79 Å². The van der Waals surface area contributed by atoms with Crippen molar-refractivity contribution in [2.24, 2.45) is 5.92 Å². The third-order valence-corrected chi connectivity index (χ3v) is 4.52. The second kappa shape index (κ2) is 8.87. The molecule has 0 saturated heterocycles. The Bertz CT molecular complexity index is 942. The minimum Gasteiger partial charge on any atom is -0.427 e. The van der Waals surface area contributed by atoms with Crippen molar-refractivity contribution in [2.45, 2.75) is 40.5 Å². The molecule has 1 N–H and O–H groups in total. The highest BCUT2D eigenvalue weighted by Crippen LogP contribution is 2.19. The average Bonchev–Trinajstić information content (AvgIpc) is 2.60. The van der Waals surface area contributed by atoms with Gasteiger partial charge in [0.15, 0.2) is 0 Å². The highest BCUT2D eigenvalue weighted by molar-refractivity contribution is 6.05. The second-order valence-corrected chi connectivity index (χ2v) is 7.67.